The van der Waals surface area contributed by atoms with Gasteiger partial charge in [0.1, 0.15) is 6.07 Å². The highest BCUT2D eigenvalue weighted by molar-refractivity contribution is 6.23. The average Bonchev–Trinajstić information content (AvgIpc) is 3.32. The second-order valence-electron chi connectivity index (χ2n) is 6.80. The molecular weight excluding hydrogens is 276 g/mol. The summed E-state index contributed by atoms with van der Waals surface area (Å²) in [6.07, 6.45) is 5.47. The van der Waals surface area contributed by atoms with Crippen molar-refractivity contribution in [3.8, 4) is 6.07 Å². The fourth-order valence-corrected chi connectivity index (χ4v) is 4.96. The van der Waals surface area contributed by atoms with E-state index in [1.54, 1.807) is 24.3 Å². The summed E-state index contributed by atoms with van der Waals surface area (Å²) in [6, 6.07) is 8.96. The van der Waals surface area contributed by atoms with Crippen molar-refractivity contribution in [1.82, 2.24) is 0 Å². The van der Waals surface area contributed by atoms with Gasteiger partial charge in [-0.2, -0.15) is 5.26 Å². The lowest BCUT2D eigenvalue weighted by Crippen LogP contribution is -2.40. The lowest BCUT2D eigenvalue weighted by Gasteiger charge is -2.37. The third kappa shape index (κ3) is 1.28. The van der Waals surface area contributed by atoms with Crippen molar-refractivity contribution in [3.63, 3.8) is 0 Å². The van der Waals surface area contributed by atoms with Gasteiger partial charge in [-0.25, -0.2) is 4.90 Å². The molecule has 6 rings (SSSR count). The zero-order chi connectivity index (χ0) is 15.0. The van der Waals surface area contributed by atoms with E-state index in [1.165, 1.54) is 4.90 Å². The molecule has 1 aromatic rings. The van der Waals surface area contributed by atoms with E-state index in [0.29, 0.717) is 23.1 Å². The molecule has 2 bridgehead atoms. The van der Waals surface area contributed by atoms with Crippen LogP contribution in [0.3, 0.4) is 0 Å². The van der Waals surface area contributed by atoms with Crippen LogP contribution in [0.1, 0.15) is 12.0 Å². The highest BCUT2D eigenvalue weighted by Crippen LogP contribution is 2.65. The molecule has 0 radical (unpaired) electrons. The number of carbonyl (C=O) groups is 2. The first-order valence-corrected chi connectivity index (χ1v) is 7.77. The molecule has 1 saturated heterocycles. The first kappa shape index (κ1) is 12.2. The Balaban J connectivity index is 1.62. The molecule has 4 nitrogen and oxygen atoms in total. The largest absolute Gasteiger partial charge is 0.274 e. The van der Waals surface area contributed by atoms with Gasteiger partial charge in [-0.05, 0) is 42.2 Å². The van der Waals surface area contributed by atoms with Gasteiger partial charge in [-0.15, -0.1) is 0 Å². The molecule has 4 aliphatic carbocycles. The van der Waals surface area contributed by atoms with E-state index in [0.717, 1.165) is 6.42 Å². The van der Waals surface area contributed by atoms with Crippen molar-refractivity contribution in [2.75, 3.05) is 4.90 Å². The lowest BCUT2D eigenvalue weighted by molar-refractivity contribution is -0.124. The summed E-state index contributed by atoms with van der Waals surface area (Å²) in [5.41, 5.74) is 0.829. The molecular formula is C18H14N2O2. The maximum absolute atomic E-state index is 12.9. The number of imide groups is 1. The van der Waals surface area contributed by atoms with Gasteiger partial charge in [-0.1, -0.05) is 24.3 Å². The summed E-state index contributed by atoms with van der Waals surface area (Å²) in [5.74, 6) is 0.991. The minimum Gasteiger partial charge on any atom is -0.274 e. The number of allylic oxidation sites excluding steroid dienone is 2. The Labute approximate surface area is 128 Å². The minimum absolute atomic E-state index is 0.109. The summed E-state index contributed by atoms with van der Waals surface area (Å²) in [7, 11) is 0. The second-order valence-corrected chi connectivity index (χ2v) is 6.80. The number of hydrogen-bond donors (Lipinski definition) is 0. The number of hydrogen-bond acceptors (Lipinski definition) is 3. The van der Waals surface area contributed by atoms with Gasteiger partial charge in [-0.3, -0.25) is 9.59 Å². The Kier molecular flexibility index (Phi) is 2.14. The van der Waals surface area contributed by atoms with Gasteiger partial charge in [0.2, 0.25) is 11.8 Å². The van der Waals surface area contributed by atoms with E-state index in [9.17, 15) is 14.9 Å². The molecule has 5 aliphatic rings. The summed E-state index contributed by atoms with van der Waals surface area (Å²) in [5, 5.41) is 9.26. The molecule has 6 atom stereocenters. The molecule has 2 amide bonds. The zero-order valence-electron chi connectivity index (χ0n) is 11.8. The standard InChI is InChI=1S/C18H14N2O2/c19-8-9-3-1-2-4-14(9)20-17(21)15-10-5-6-11(13-7-12(10)13)16(15)18(20)22/h1-6,10-13,15-16H,7H2/t10-,11+,12-,13-,15+,16-/m1/s1. The number of benzene rings is 1. The first-order valence-electron chi connectivity index (χ1n) is 7.77. The maximum Gasteiger partial charge on any atom is 0.238 e. The van der Waals surface area contributed by atoms with Crippen LogP contribution < -0.4 is 4.90 Å². The first-order chi connectivity index (χ1) is 10.7. The van der Waals surface area contributed by atoms with Crippen LogP contribution in [0.5, 0.6) is 0 Å². The molecule has 1 aliphatic heterocycles. The molecule has 0 aromatic heterocycles. The Bertz CT molecular complexity index is 755. The molecule has 0 N–H and O–H groups in total. The van der Waals surface area contributed by atoms with Crippen LogP contribution in [0.25, 0.3) is 0 Å². The van der Waals surface area contributed by atoms with E-state index < -0.39 is 0 Å². The van der Waals surface area contributed by atoms with Gasteiger partial charge in [0.15, 0.2) is 0 Å². The van der Waals surface area contributed by atoms with Crippen molar-refractivity contribution in [3.05, 3.63) is 42.0 Å². The molecule has 4 heteroatoms. The molecule has 108 valence electrons. The van der Waals surface area contributed by atoms with Gasteiger partial charge in [0.05, 0.1) is 23.1 Å². The average molecular weight is 290 g/mol. The number of nitrogens with zero attached hydrogens (tertiary/aromatic N) is 2. The number of rotatable bonds is 1. The third-order valence-corrected chi connectivity index (χ3v) is 5.93. The predicted molar refractivity (Wildman–Crippen MR) is 78.3 cm³/mol. The van der Waals surface area contributed by atoms with Crippen LogP contribution in [-0.4, -0.2) is 11.8 Å². The molecule has 2 saturated carbocycles. The maximum atomic E-state index is 12.9. The van der Waals surface area contributed by atoms with Crippen molar-refractivity contribution in [2.24, 2.45) is 35.5 Å². The van der Waals surface area contributed by atoms with E-state index in [2.05, 4.69) is 18.2 Å². The summed E-state index contributed by atoms with van der Waals surface area (Å²) >= 11 is 0. The number of para-hydroxylation sites is 1. The van der Waals surface area contributed by atoms with Crippen LogP contribution in [0.4, 0.5) is 5.69 Å². The molecule has 1 heterocycles. The number of nitriles is 1. The van der Waals surface area contributed by atoms with Crippen molar-refractivity contribution in [2.45, 2.75) is 6.42 Å². The van der Waals surface area contributed by atoms with Gasteiger partial charge < -0.3 is 0 Å². The number of carbonyl (C=O) groups excluding carboxylic acids is 2. The molecule has 22 heavy (non-hydrogen) atoms. The van der Waals surface area contributed by atoms with Gasteiger partial charge in [0, 0.05) is 0 Å². The van der Waals surface area contributed by atoms with Crippen molar-refractivity contribution < 1.29 is 9.59 Å². The van der Waals surface area contributed by atoms with Gasteiger partial charge in [0.25, 0.3) is 0 Å². The fourth-order valence-electron chi connectivity index (χ4n) is 4.96. The van der Waals surface area contributed by atoms with Crippen LogP contribution in [0.15, 0.2) is 36.4 Å². The Hall–Kier alpha value is -2.41. The molecule has 0 unspecified atom stereocenters. The van der Waals surface area contributed by atoms with Crippen molar-refractivity contribution >= 4 is 17.5 Å². The SMILES string of the molecule is N#Cc1ccccc1N1C(=O)[C@@H]2[C@H]3C=C[C@H]([C@H]4C[C@H]34)[C@@H]2C1=O. The normalized spacial score (nSPS) is 40.4. The van der Waals surface area contributed by atoms with E-state index in [4.69, 9.17) is 0 Å². The van der Waals surface area contributed by atoms with Crippen molar-refractivity contribution in [1.29, 1.82) is 5.26 Å². The monoisotopic (exact) mass is 290 g/mol. The van der Waals surface area contributed by atoms with Crippen LogP contribution >= 0.6 is 0 Å². The zero-order valence-corrected chi connectivity index (χ0v) is 11.8. The quantitative estimate of drug-likeness (QED) is 0.588. The second kappa shape index (κ2) is 3.86. The smallest absolute Gasteiger partial charge is 0.238 e. The molecule has 0 spiro atoms. The highest BCUT2D eigenvalue weighted by Gasteiger charge is 2.67. The Morgan fingerprint density at radius 1 is 1.00 bits per heavy atom. The predicted octanol–water partition coefficient (Wildman–Crippen LogP) is 2.12. The summed E-state index contributed by atoms with van der Waals surface area (Å²) in [4.78, 5) is 27.2. The topological polar surface area (TPSA) is 61.2 Å². The Morgan fingerprint density at radius 2 is 1.59 bits per heavy atom. The van der Waals surface area contributed by atoms with Gasteiger partial charge >= 0.3 is 0 Å². The van der Waals surface area contributed by atoms with E-state index in [-0.39, 0.29) is 35.5 Å². The summed E-state index contributed by atoms with van der Waals surface area (Å²) in [6.45, 7) is 0. The fraction of sp³-hybridized carbons (Fsp3) is 0.389. The van der Waals surface area contributed by atoms with E-state index >= 15 is 0 Å². The van der Waals surface area contributed by atoms with Crippen LogP contribution in [0, 0.1) is 46.8 Å². The van der Waals surface area contributed by atoms with Crippen LogP contribution in [0.2, 0.25) is 0 Å². The molecule has 1 aromatic carbocycles. The Morgan fingerprint density at radius 3 is 2.18 bits per heavy atom. The minimum atomic E-state index is -0.210. The number of amides is 2. The van der Waals surface area contributed by atoms with Crippen LogP contribution in [-0.2, 0) is 9.59 Å². The third-order valence-electron chi connectivity index (χ3n) is 5.93. The van der Waals surface area contributed by atoms with E-state index in [1.807, 2.05) is 0 Å². The molecule has 3 fully saturated rings. The highest BCUT2D eigenvalue weighted by atomic mass is 16.2. The lowest BCUT2D eigenvalue weighted by atomic mass is 9.63. The number of anilines is 1. The summed E-state index contributed by atoms with van der Waals surface area (Å²) < 4.78 is 0.